The number of aryl methyl sites for hydroxylation is 4. The molecule has 5 rings (SSSR count). The van der Waals surface area contributed by atoms with Crippen LogP contribution in [0.4, 0.5) is 0 Å². The van der Waals surface area contributed by atoms with Gasteiger partial charge in [-0.05, 0) is 98.5 Å². The van der Waals surface area contributed by atoms with E-state index in [1.54, 1.807) is 7.05 Å². The van der Waals surface area contributed by atoms with Crippen LogP contribution in [0.15, 0.2) is 18.2 Å². The van der Waals surface area contributed by atoms with Crippen LogP contribution in [0.5, 0.6) is 0 Å². The molecule has 0 fully saturated rings. The van der Waals surface area contributed by atoms with Gasteiger partial charge in [-0.2, -0.15) is 0 Å². The number of rotatable bonds is 3. The van der Waals surface area contributed by atoms with Crippen molar-refractivity contribution in [2.45, 2.75) is 73.6 Å². The summed E-state index contributed by atoms with van der Waals surface area (Å²) in [5, 5.41) is 2.82. The Kier molecular flexibility index (Phi) is 6.30. The number of carbonyl (C=O) groups is 1. The van der Waals surface area contributed by atoms with E-state index in [2.05, 4.69) is 68.1 Å². The van der Waals surface area contributed by atoms with E-state index in [1.165, 1.54) is 22.3 Å². The van der Waals surface area contributed by atoms with Gasteiger partial charge in [-0.3, -0.25) is 9.78 Å². The summed E-state index contributed by atoms with van der Waals surface area (Å²) in [6, 6.07) is 6.54. The molecule has 6 heteroatoms. The average Bonchev–Trinajstić information content (AvgIpc) is 3.57. The number of amides is 1. The van der Waals surface area contributed by atoms with Crippen molar-refractivity contribution in [2.75, 3.05) is 7.05 Å². The Hall–Kier alpha value is -3.67. The van der Waals surface area contributed by atoms with Gasteiger partial charge in [0.05, 0.1) is 17.0 Å². The van der Waals surface area contributed by atoms with E-state index in [4.69, 9.17) is 9.97 Å². The van der Waals surface area contributed by atoms with Crippen LogP contribution < -0.4 is 5.32 Å². The number of aromatic amines is 2. The predicted molar refractivity (Wildman–Crippen MR) is 153 cm³/mol. The first-order chi connectivity index (χ1) is 17.7. The highest BCUT2D eigenvalue weighted by molar-refractivity contribution is 6.27. The molecule has 0 radical (unpaired) electrons. The van der Waals surface area contributed by atoms with Gasteiger partial charge in [0.2, 0.25) is 0 Å². The van der Waals surface area contributed by atoms with Crippen molar-refractivity contribution >= 4 is 39.1 Å². The van der Waals surface area contributed by atoms with Gasteiger partial charge in [0.1, 0.15) is 0 Å². The van der Waals surface area contributed by atoms with Crippen LogP contribution in [0.25, 0.3) is 33.2 Å². The lowest BCUT2D eigenvalue weighted by atomic mass is 9.99. The zero-order valence-corrected chi connectivity index (χ0v) is 23.2. The maximum absolute atomic E-state index is 13.0. The molecular formula is C31H37N5O. The lowest BCUT2D eigenvalue weighted by molar-refractivity contribution is -0.115. The lowest BCUT2D eigenvalue weighted by Crippen LogP contribution is -2.19. The quantitative estimate of drug-likeness (QED) is 0.394. The van der Waals surface area contributed by atoms with Crippen LogP contribution in [0, 0.1) is 20.8 Å². The molecule has 37 heavy (non-hydrogen) atoms. The maximum Gasteiger partial charge on any atom is 0.253 e. The molecule has 2 aliphatic heterocycles. The molecule has 2 aliphatic rings. The van der Waals surface area contributed by atoms with Crippen molar-refractivity contribution in [2.24, 2.45) is 0 Å². The van der Waals surface area contributed by atoms with E-state index in [0.717, 1.165) is 75.2 Å². The second kappa shape index (κ2) is 9.33. The second-order valence-electron chi connectivity index (χ2n) is 10.4. The summed E-state index contributed by atoms with van der Waals surface area (Å²) in [4.78, 5) is 30.5. The Bertz CT molecular complexity index is 1630. The van der Waals surface area contributed by atoms with Crippen LogP contribution in [0.2, 0.25) is 0 Å². The van der Waals surface area contributed by atoms with Crippen molar-refractivity contribution in [3.8, 4) is 0 Å². The van der Waals surface area contributed by atoms with Crippen molar-refractivity contribution < 1.29 is 4.79 Å². The minimum Gasteiger partial charge on any atom is -0.355 e. The monoisotopic (exact) mass is 495 g/mol. The number of hydrogen-bond acceptors (Lipinski definition) is 3. The van der Waals surface area contributed by atoms with Crippen molar-refractivity contribution in [3.05, 3.63) is 68.8 Å². The van der Waals surface area contributed by atoms with E-state index in [-0.39, 0.29) is 11.8 Å². The Labute approximate surface area is 218 Å². The number of hydrogen-bond donors (Lipinski definition) is 3. The van der Waals surface area contributed by atoms with Crippen molar-refractivity contribution in [1.29, 1.82) is 0 Å². The fourth-order valence-electron chi connectivity index (χ4n) is 5.87. The Morgan fingerprint density at radius 1 is 0.892 bits per heavy atom. The standard InChI is InChI=1S/C31H37N5O/c1-9-20-16(4)24-12-22-15(3)11-23(33-22)19(7)30-29(31(37)32-8)18(6)26(36-30)14-28-21(10-2)17(5)25(35-28)13-27(20)34-24/h12-15,34-35H,9-11H2,1-8H3,(H,32,37). The van der Waals surface area contributed by atoms with E-state index < -0.39 is 0 Å². The SMILES string of the molecule is CCc1c(C)c2cc3[nH]c(cc4nc(c(C)c5nc(cc1[nH]2)C(C)=C5C(=O)NC)CC4C)c(C)c3CC. The predicted octanol–water partition coefficient (Wildman–Crippen LogP) is 6.39. The molecule has 3 aromatic heterocycles. The maximum atomic E-state index is 13.0. The summed E-state index contributed by atoms with van der Waals surface area (Å²) in [7, 11) is 1.67. The number of aromatic nitrogens is 4. The second-order valence-corrected chi connectivity index (χ2v) is 10.4. The molecule has 1 amide bonds. The minimum absolute atomic E-state index is 0.118. The summed E-state index contributed by atoms with van der Waals surface area (Å²) in [6.45, 7) is 15.0. The van der Waals surface area contributed by atoms with E-state index in [1.807, 2.05) is 13.8 Å². The molecule has 3 N–H and O–H groups in total. The van der Waals surface area contributed by atoms with Crippen LogP contribution >= 0.6 is 0 Å². The van der Waals surface area contributed by atoms with Crippen LogP contribution in [0.3, 0.4) is 0 Å². The minimum atomic E-state index is -0.118. The third kappa shape index (κ3) is 3.99. The third-order valence-electron chi connectivity index (χ3n) is 8.21. The van der Waals surface area contributed by atoms with Gasteiger partial charge in [0, 0.05) is 46.4 Å². The highest BCUT2D eigenvalue weighted by Crippen LogP contribution is 2.35. The highest BCUT2D eigenvalue weighted by atomic mass is 16.1. The highest BCUT2D eigenvalue weighted by Gasteiger charge is 2.27. The van der Waals surface area contributed by atoms with E-state index in [9.17, 15) is 4.79 Å². The Morgan fingerprint density at radius 3 is 2.08 bits per heavy atom. The van der Waals surface area contributed by atoms with Crippen molar-refractivity contribution in [3.63, 3.8) is 0 Å². The van der Waals surface area contributed by atoms with Crippen LogP contribution in [-0.4, -0.2) is 32.9 Å². The molecule has 0 spiro atoms. The first kappa shape index (κ1) is 25.0. The molecule has 8 bridgehead atoms. The van der Waals surface area contributed by atoms with Crippen LogP contribution in [0.1, 0.15) is 84.2 Å². The summed E-state index contributed by atoms with van der Waals surface area (Å²) < 4.78 is 0. The summed E-state index contributed by atoms with van der Waals surface area (Å²) in [5.74, 6) is 0.166. The molecule has 6 nitrogen and oxygen atoms in total. The zero-order chi connectivity index (χ0) is 26.6. The molecule has 192 valence electrons. The van der Waals surface area contributed by atoms with Crippen LogP contribution in [-0.2, 0) is 24.1 Å². The first-order valence-electron chi connectivity index (χ1n) is 13.3. The number of allylic oxidation sites excluding steroid dienone is 1. The summed E-state index contributed by atoms with van der Waals surface area (Å²) >= 11 is 0. The summed E-state index contributed by atoms with van der Waals surface area (Å²) in [6.07, 6.45) is 2.68. The number of nitrogens with zero attached hydrogens (tertiary/aromatic N) is 2. The van der Waals surface area contributed by atoms with Gasteiger partial charge in [-0.15, -0.1) is 0 Å². The molecule has 1 unspecified atom stereocenters. The van der Waals surface area contributed by atoms with Gasteiger partial charge < -0.3 is 15.3 Å². The fourth-order valence-corrected chi connectivity index (χ4v) is 5.87. The number of likely N-dealkylation sites (N-methyl/N-ethyl adjacent to an activating group) is 1. The number of carbonyl (C=O) groups excluding carboxylic acids is 1. The molecule has 1 atom stereocenters. The number of nitrogens with one attached hydrogen (secondary N) is 3. The number of H-pyrrole nitrogens is 2. The molecule has 0 saturated heterocycles. The zero-order valence-electron chi connectivity index (χ0n) is 23.2. The molecule has 0 saturated carbocycles. The lowest BCUT2D eigenvalue weighted by Gasteiger charge is -2.06. The fraction of sp³-hybridized carbons (Fsp3) is 0.387. The Morgan fingerprint density at radius 2 is 1.49 bits per heavy atom. The van der Waals surface area contributed by atoms with E-state index >= 15 is 0 Å². The molecule has 5 heterocycles. The topological polar surface area (TPSA) is 86.5 Å². The molecule has 0 aromatic carbocycles. The molecule has 3 aromatic rings. The largest absolute Gasteiger partial charge is 0.355 e. The van der Waals surface area contributed by atoms with Gasteiger partial charge in [0.25, 0.3) is 5.91 Å². The van der Waals surface area contributed by atoms with Gasteiger partial charge in [0.15, 0.2) is 0 Å². The van der Waals surface area contributed by atoms with E-state index in [0.29, 0.717) is 5.57 Å². The van der Waals surface area contributed by atoms with Gasteiger partial charge in [-0.25, -0.2) is 4.98 Å². The van der Waals surface area contributed by atoms with Gasteiger partial charge in [-0.1, -0.05) is 20.8 Å². The molecular weight excluding hydrogens is 458 g/mol. The average molecular weight is 496 g/mol. The number of fused-ring (bicyclic) bond motifs is 8. The summed E-state index contributed by atoms with van der Waals surface area (Å²) in [5.41, 5.74) is 15.6. The smallest absolute Gasteiger partial charge is 0.253 e. The van der Waals surface area contributed by atoms with Crippen molar-refractivity contribution in [1.82, 2.24) is 25.3 Å². The Balaban J connectivity index is 2.00. The third-order valence-corrected chi connectivity index (χ3v) is 8.21. The first-order valence-corrected chi connectivity index (χ1v) is 13.3. The normalized spacial score (nSPS) is 15.4. The van der Waals surface area contributed by atoms with Gasteiger partial charge >= 0.3 is 0 Å². The molecule has 0 aliphatic carbocycles.